The maximum atomic E-state index is 13.0. The summed E-state index contributed by atoms with van der Waals surface area (Å²) >= 11 is 0. The fourth-order valence-corrected chi connectivity index (χ4v) is 3.47. The molecule has 1 heterocycles. The Morgan fingerprint density at radius 3 is 2.38 bits per heavy atom. The van der Waals surface area contributed by atoms with Gasteiger partial charge in [0.05, 0.1) is 41.0 Å². The lowest BCUT2D eigenvalue weighted by Gasteiger charge is -2.19. The highest BCUT2D eigenvalue weighted by Gasteiger charge is 2.33. The summed E-state index contributed by atoms with van der Waals surface area (Å²) in [4.78, 5) is 14.1. The molecule has 0 bridgehead atoms. The van der Waals surface area contributed by atoms with Crippen molar-refractivity contribution in [1.29, 1.82) is 0 Å². The van der Waals surface area contributed by atoms with Gasteiger partial charge in [0.2, 0.25) is 11.5 Å². The van der Waals surface area contributed by atoms with Crippen LogP contribution >= 0.6 is 0 Å². The van der Waals surface area contributed by atoms with Crippen molar-refractivity contribution in [2.24, 2.45) is 0 Å². The number of benzene rings is 2. The number of hydrogen-bond donors (Lipinski definition) is 1. The van der Waals surface area contributed by atoms with Gasteiger partial charge in [-0.25, -0.2) is 0 Å². The van der Waals surface area contributed by atoms with E-state index in [-0.39, 0.29) is 17.3 Å². The summed E-state index contributed by atoms with van der Waals surface area (Å²) in [5.74, 6) is 1.45. The highest BCUT2D eigenvalue weighted by Crippen LogP contribution is 2.43. The molecule has 0 saturated carbocycles. The zero-order valence-electron chi connectivity index (χ0n) is 17.5. The summed E-state index contributed by atoms with van der Waals surface area (Å²) in [6.07, 6.45) is 1.60. The predicted molar refractivity (Wildman–Crippen MR) is 106 cm³/mol. The molecule has 0 fully saturated rings. The van der Waals surface area contributed by atoms with Crippen LogP contribution in [0.2, 0.25) is 0 Å². The van der Waals surface area contributed by atoms with E-state index in [1.807, 2.05) is 14.1 Å². The molecule has 0 aromatic heterocycles. The van der Waals surface area contributed by atoms with Crippen LogP contribution in [0.1, 0.15) is 27.0 Å². The molecule has 0 spiro atoms. The van der Waals surface area contributed by atoms with Gasteiger partial charge in [-0.05, 0) is 30.7 Å². The molecule has 2 aromatic carbocycles. The third-order valence-corrected chi connectivity index (χ3v) is 4.75. The molecule has 1 N–H and O–H groups in total. The molecule has 1 aliphatic rings. The van der Waals surface area contributed by atoms with Crippen molar-refractivity contribution >= 4 is 11.9 Å². The van der Waals surface area contributed by atoms with Crippen molar-refractivity contribution in [3.63, 3.8) is 0 Å². The summed E-state index contributed by atoms with van der Waals surface area (Å²) in [5.41, 5.74) is 2.14. The minimum atomic E-state index is -0.260. The Hall–Kier alpha value is -3.19. The van der Waals surface area contributed by atoms with Gasteiger partial charge in [-0.3, -0.25) is 4.79 Å². The molecule has 0 unspecified atom stereocenters. The van der Waals surface area contributed by atoms with Crippen LogP contribution in [-0.2, 0) is 6.54 Å². The van der Waals surface area contributed by atoms with Gasteiger partial charge in [0, 0.05) is 11.1 Å². The van der Waals surface area contributed by atoms with Gasteiger partial charge < -0.3 is 29.0 Å². The second-order valence-electron chi connectivity index (χ2n) is 7.12. The highest BCUT2D eigenvalue weighted by molar-refractivity contribution is 6.16. The summed E-state index contributed by atoms with van der Waals surface area (Å²) < 4.78 is 22.1. The van der Waals surface area contributed by atoms with E-state index >= 15 is 0 Å². The zero-order chi connectivity index (χ0) is 21.3. The van der Waals surface area contributed by atoms with Crippen molar-refractivity contribution in [3.8, 4) is 28.7 Å². The van der Waals surface area contributed by atoms with Crippen molar-refractivity contribution in [2.45, 2.75) is 13.5 Å². The number of carbonyl (C=O) groups is 1. The quantitative estimate of drug-likeness (QED) is 0.739. The maximum Gasteiger partial charge on any atom is 0.232 e. The van der Waals surface area contributed by atoms with Crippen LogP contribution in [0, 0.1) is 6.92 Å². The van der Waals surface area contributed by atoms with Gasteiger partial charge in [0.1, 0.15) is 12.3 Å². The van der Waals surface area contributed by atoms with Crippen LogP contribution in [0.15, 0.2) is 24.0 Å². The summed E-state index contributed by atoms with van der Waals surface area (Å²) in [6.45, 7) is 2.20. The molecule has 0 radical (unpaired) electrons. The average Bonchev–Trinajstić information content (AvgIpc) is 3.01. The average molecular weight is 399 g/mol. The fraction of sp³-hybridized carbons (Fsp3) is 0.318. The minimum Gasteiger partial charge on any atom is -0.872 e. The zero-order valence-corrected chi connectivity index (χ0v) is 17.5. The number of aryl methyl sites for hydroxylation is 1. The topological polar surface area (TPSA) is 81.5 Å². The molecule has 0 atom stereocenters. The minimum absolute atomic E-state index is 0.125. The Kier molecular flexibility index (Phi) is 5.70. The first kappa shape index (κ1) is 20.5. The molecule has 1 aliphatic heterocycles. The van der Waals surface area contributed by atoms with Crippen molar-refractivity contribution in [1.82, 2.24) is 0 Å². The molecule has 154 valence electrons. The number of ether oxygens (including phenoxy) is 4. The number of fused-ring (bicyclic) bond motifs is 1. The Morgan fingerprint density at radius 2 is 1.79 bits per heavy atom. The largest absolute Gasteiger partial charge is 0.872 e. The third kappa shape index (κ3) is 3.61. The van der Waals surface area contributed by atoms with E-state index < -0.39 is 0 Å². The highest BCUT2D eigenvalue weighted by atomic mass is 16.5. The van der Waals surface area contributed by atoms with Gasteiger partial charge in [-0.15, -0.1) is 0 Å². The Labute approximate surface area is 170 Å². The number of ketones is 1. The number of hydrogen-bond acceptors (Lipinski definition) is 6. The Bertz CT molecular complexity index is 994. The maximum absolute atomic E-state index is 13.0. The predicted octanol–water partition coefficient (Wildman–Crippen LogP) is 1.36. The van der Waals surface area contributed by atoms with Crippen LogP contribution in [0.3, 0.4) is 0 Å². The monoisotopic (exact) mass is 399 g/mol. The lowest BCUT2D eigenvalue weighted by molar-refractivity contribution is -0.872. The van der Waals surface area contributed by atoms with E-state index in [0.717, 1.165) is 4.90 Å². The second kappa shape index (κ2) is 8.05. The molecular formula is C22H25NO6. The second-order valence-corrected chi connectivity index (χ2v) is 7.12. The SMILES string of the molecule is COc1ccc(C=C2Oc3c(C[NH+](C)C)c([O-])cc(C)c3C2=O)c(OC)c1OC. The molecule has 0 saturated heterocycles. The number of nitrogens with one attached hydrogen (secondary N) is 1. The molecule has 7 nitrogen and oxygen atoms in total. The summed E-state index contributed by atoms with van der Waals surface area (Å²) in [5, 5.41) is 12.5. The van der Waals surface area contributed by atoms with Gasteiger partial charge in [0.25, 0.3) is 0 Å². The Balaban J connectivity index is 2.12. The first-order chi connectivity index (χ1) is 13.8. The van der Waals surface area contributed by atoms with Crippen molar-refractivity contribution in [2.75, 3.05) is 35.4 Å². The van der Waals surface area contributed by atoms with E-state index in [2.05, 4.69) is 0 Å². The van der Waals surface area contributed by atoms with E-state index in [1.54, 1.807) is 25.1 Å². The number of rotatable bonds is 6. The van der Waals surface area contributed by atoms with Crippen LogP contribution in [0.5, 0.6) is 28.7 Å². The van der Waals surface area contributed by atoms with E-state index in [0.29, 0.717) is 51.8 Å². The third-order valence-electron chi connectivity index (χ3n) is 4.75. The first-order valence-corrected chi connectivity index (χ1v) is 9.18. The van der Waals surface area contributed by atoms with Gasteiger partial charge in [0.15, 0.2) is 17.3 Å². The smallest absolute Gasteiger partial charge is 0.232 e. The van der Waals surface area contributed by atoms with Gasteiger partial charge in [-0.2, -0.15) is 0 Å². The van der Waals surface area contributed by atoms with E-state index in [9.17, 15) is 9.90 Å². The van der Waals surface area contributed by atoms with Crippen molar-refractivity contribution < 1.29 is 33.7 Å². The van der Waals surface area contributed by atoms with E-state index in [4.69, 9.17) is 18.9 Å². The number of Topliss-reactive ketones (excluding diaryl/α,β-unsaturated/α-hetero) is 1. The normalized spacial score (nSPS) is 14.2. The summed E-state index contributed by atoms with van der Waals surface area (Å²) in [7, 11) is 8.44. The van der Waals surface area contributed by atoms with E-state index in [1.165, 1.54) is 27.4 Å². The molecule has 0 amide bonds. The van der Waals surface area contributed by atoms with Crippen molar-refractivity contribution in [3.05, 3.63) is 46.2 Å². The number of quaternary nitrogens is 1. The molecule has 29 heavy (non-hydrogen) atoms. The number of methoxy groups -OCH3 is 3. The molecule has 0 aliphatic carbocycles. The molecule has 7 heteroatoms. The molecular weight excluding hydrogens is 374 g/mol. The lowest BCUT2D eigenvalue weighted by Crippen LogP contribution is -3.04. The standard InChI is InChI=1S/C22H25NO6/c1-12-9-15(24)14(11-23(2)3)21-18(12)19(25)17(29-21)10-13-7-8-16(26-4)22(28-6)20(13)27-5/h7-10,24H,11H2,1-6H3. The van der Waals surface area contributed by atoms with Crippen LogP contribution in [0.4, 0.5) is 0 Å². The lowest BCUT2D eigenvalue weighted by atomic mass is 9.99. The van der Waals surface area contributed by atoms with Gasteiger partial charge >= 0.3 is 0 Å². The summed E-state index contributed by atoms with van der Waals surface area (Å²) in [6, 6.07) is 4.98. The van der Waals surface area contributed by atoms with Crippen LogP contribution < -0.4 is 29.0 Å². The number of carbonyl (C=O) groups excluding carboxylic acids is 1. The fourth-order valence-electron chi connectivity index (χ4n) is 3.47. The molecule has 2 aromatic rings. The molecule has 3 rings (SSSR count). The first-order valence-electron chi connectivity index (χ1n) is 9.18. The Morgan fingerprint density at radius 1 is 1.10 bits per heavy atom. The van der Waals surface area contributed by atoms with Crippen LogP contribution in [-0.4, -0.2) is 41.2 Å². The van der Waals surface area contributed by atoms with Gasteiger partial charge in [-0.1, -0.05) is 11.8 Å². The number of allylic oxidation sites excluding steroid dienone is 1. The van der Waals surface area contributed by atoms with Crippen LogP contribution in [0.25, 0.3) is 6.08 Å².